The Hall–Kier alpha value is -0.600. The lowest BCUT2D eigenvalue weighted by molar-refractivity contribution is -0.111. The van der Waals surface area contributed by atoms with Crippen LogP contribution in [0, 0.1) is 5.82 Å². The Morgan fingerprint density at radius 1 is 1.50 bits per heavy atom. The lowest BCUT2D eigenvalue weighted by Crippen LogP contribution is -1.93. The fourth-order valence-corrected chi connectivity index (χ4v) is 1.17. The van der Waals surface area contributed by atoms with Gasteiger partial charge in [0.1, 0.15) is 5.82 Å². The summed E-state index contributed by atoms with van der Waals surface area (Å²) in [5, 5.41) is -0.483. The Balaban J connectivity index is 2.89. The minimum absolute atomic E-state index is 0.00502. The number of rotatable bonds is 2. The third-order valence-electron chi connectivity index (χ3n) is 1.33. The highest BCUT2D eigenvalue weighted by molar-refractivity contribution is 6.63. The highest BCUT2D eigenvalue weighted by atomic mass is 35.5. The van der Waals surface area contributed by atoms with E-state index in [0.29, 0.717) is 5.56 Å². The Morgan fingerprint density at radius 3 is 2.67 bits per heavy atom. The number of halogens is 3. The third-order valence-corrected chi connectivity index (χ3v) is 1.75. The Kier molecular flexibility index (Phi) is 3.06. The van der Waals surface area contributed by atoms with Crippen LogP contribution >= 0.6 is 23.2 Å². The van der Waals surface area contributed by atoms with Crippen LogP contribution in [0.1, 0.15) is 5.56 Å². The van der Waals surface area contributed by atoms with Crippen molar-refractivity contribution in [3.63, 3.8) is 0 Å². The molecule has 0 amide bonds. The largest absolute Gasteiger partial charge is 0.281 e. The highest BCUT2D eigenvalue weighted by Crippen LogP contribution is 2.16. The summed E-state index contributed by atoms with van der Waals surface area (Å²) in [7, 11) is 0. The molecule has 0 bridgehead atoms. The van der Waals surface area contributed by atoms with Crippen molar-refractivity contribution in [1.29, 1.82) is 0 Å². The first kappa shape index (κ1) is 9.49. The molecule has 1 rings (SSSR count). The fraction of sp³-hybridized carbons (Fsp3) is 0.125. The van der Waals surface area contributed by atoms with Crippen molar-refractivity contribution >= 4 is 28.4 Å². The van der Waals surface area contributed by atoms with Crippen LogP contribution in [0.5, 0.6) is 0 Å². The van der Waals surface area contributed by atoms with Gasteiger partial charge in [-0.2, -0.15) is 0 Å². The van der Waals surface area contributed by atoms with Crippen molar-refractivity contribution in [2.75, 3.05) is 0 Å². The molecule has 1 aromatic rings. The van der Waals surface area contributed by atoms with Crippen LogP contribution in [0.25, 0.3) is 0 Å². The van der Waals surface area contributed by atoms with Crippen LogP contribution in [0.15, 0.2) is 18.2 Å². The quantitative estimate of drug-likeness (QED) is 0.681. The summed E-state index contributed by atoms with van der Waals surface area (Å²) in [5.41, 5.74) is 0.612. The number of benzene rings is 1. The van der Waals surface area contributed by atoms with Crippen LogP contribution < -0.4 is 0 Å². The van der Waals surface area contributed by atoms with Crippen molar-refractivity contribution in [3.8, 4) is 0 Å². The zero-order chi connectivity index (χ0) is 9.14. The second kappa shape index (κ2) is 3.87. The normalized spacial score (nSPS) is 9.92. The first-order chi connectivity index (χ1) is 5.59. The molecule has 0 unspecified atom stereocenters. The zero-order valence-corrected chi connectivity index (χ0v) is 7.49. The van der Waals surface area contributed by atoms with Gasteiger partial charge < -0.3 is 0 Å². The number of carbonyl (C=O) groups is 1. The average molecular weight is 207 g/mol. The van der Waals surface area contributed by atoms with Crippen molar-refractivity contribution in [1.82, 2.24) is 0 Å². The smallest absolute Gasteiger partial charge is 0.226 e. The van der Waals surface area contributed by atoms with Gasteiger partial charge in [-0.3, -0.25) is 4.79 Å². The molecule has 0 aromatic heterocycles. The predicted octanol–water partition coefficient (Wildman–Crippen LogP) is 2.79. The van der Waals surface area contributed by atoms with Crippen LogP contribution in [0.4, 0.5) is 4.39 Å². The van der Waals surface area contributed by atoms with Gasteiger partial charge >= 0.3 is 0 Å². The minimum atomic E-state index is -0.498. The predicted molar refractivity (Wildman–Crippen MR) is 46.0 cm³/mol. The minimum Gasteiger partial charge on any atom is -0.281 e. The topological polar surface area (TPSA) is 17.1 Å². The van der Waals surface area contributed by atoms with Gasteiger partial charge in [0.05, 0.1) is 5.02 Å². The highest BCUT2D eigenvalue weighted by Gasteiger charge is 2.03. The molecule has 4 heteroatoms. The molecule has 0 atom stereocenters. The van der Waals surface area contributed by atoms with E-state index in [4.69, 9.17) is 23.2 Å². The maximum absolute atomic E-state index is 12.6. The SMILES string of the molecule is O=C(Cl)Cc1ccc(F)c(Cl)c1. The fourth-order valence-electron chi connectivity index (χ4n) is 0.810. The molecule has 0 fully saturated rings. The van der Waals surface area contributed by atoms with Crippen molar-refractivity contribution < 1.29 is 9.18 Å². The van der Waals surface area contributed by atoms with Gasteiger partial charge in [0.15, 0.2) is 0 Å². The van der Waals surface area contributed by atoms with E-state index >= 15 is 0 Å². The summed E-state index contributed by atoms with van der Waals surface area (Å²) in [6.07, 6.45) is 0.0710. The van der Waals surface area contributed by atoms with Crippen LogP contribution in [-0.4, -0.2) is 5.24 Å². The Labute approximate surface area is 79.1 Å². The monoisotopic (exact) mass is 206 g/mol. The summed E-state index contributed by atoms with van der Waals surface area (Å²) in [6, 6.07) is 4.07. The van der Waals surface area contributed by atoms with Crippen LogP contribution in [0.3, 0.4) is 0 Å². The van der Waals surface area contributed by atoms with Gasteiger partial charge in [-0.15, -0.1) is 0 Å². The van der Waals surface area contributed by atoms with Gasteiger partial charge in [0.25, 0.3) is 0 Å². The molecular formula is C8H5Cl2FO. The molecule has 0 aliphatic rings. The van der Waals surface area contributed by atoms with E-state index in [1.54, 1.807) is 0 Å². The van der Waals surface area contributed by atoms with Crippen molar-refractivity contribution in [2.45, 2.75) is 6.42 Å². The third kappa shape index (κ3) is 2.47. The molecule has 0 aliphatic carbocycles. The van der Waals surface area contributed by atoms with E-state index in [0.717, 1.165) is 0 Å². The molecule has 1 nitrogen and oxygen atoms in total. The van der Waals surface area contributed by atoms with E-state index in [9.17, 15) is 9.18 Å². The van der Waals surface area contributed by atoms with E-state index < -0.39 is 11.1 Å². The lowest BCUT2D eigenvalue weighted by Gasteiger charge is -1.97. The van der Waals surface area contributed by atoms with E-state index in [1.807, 2.05) is 0 Å². The number of hydrogen-bond donors (Lipinski definition) is 0. The molecule has 0 aliphatic heterocycles. The van der Waals surface area contributed by atoms with Gasteiger partial charge in [-0.05, 0) is 29.3 Å². The summed E-state index contributed by atoms with van der Waals surface area (Å²) in [5.74, 6) is -0.498. The first-order valence-corrected chi connectivity index (χ1v) is 3.97. The molecule has 0 saturated heterocycles. The Morgan fingerprint density at radius 2 is 2.17 bits per heavy atom. The van der Waals surface area contributed by atoms with E-state index in [1.165, 1.54) is 18.2 Å². The summed E-state index contributed by atoms with van der Waals surface area (Å²) in [4.78, 5) is 10.4. The first-order valence-electron chi connectivity index (χ1n) is 3.22. The summed E-state index contributed by atoms with van der Waals surface area (Å²) in [6.45, 7) is 0. The van der Waals surface area contributed by atoms with Gasteiger partial charge in [0.2, 0.25) is 5.24 Å². The molecule has 1 aromatic carbocycles. The average Bonchev–Trinajstić information content (AvgIpc) is 1.96. The number of hydrogen-bond acceptors (Lipinski definition) is 1. The molecule has 12 heavy (non-hydrogen) atoms. The van der Waals surface area contributed by atoms with E-state index in [2.05, 4.69) is 0 Å². The lowest BCUT2D eigenvalue weighted by atomic mass is 10.2. The summed E-state index contributed by atoms with van der Waals surface area (Å²) < 4.78 is 12.6. The molecule has 0 N–H and O–H groups in total. The molecule has 0 spiro atoms. The number of carbonyl (C=O) groups excluding carboxylic acids is 1. The second-order valence-electron chi connectivity index (χ2n) is 2.28. The van der Waals surface area contributed by atoms with Gasteiger partial charge in [-0.25, -0.2) is 4.39 Å². The Bertz CT molecular complexity index is 312. The maximum atomic E-state index is 12.6. The van der Waals surface area contributed by atoms with Crippen LogP contribution in [-0.2, 0) is 11.2 Å². The second-order valence-corrected chi connectivity index (χ2v) is 3.11. The zero-order valence-electron chi connectivity index (χ0n) is 5.98. The maximum Gasteiger partial charge on any atom is 0.226 e. The van der Waals surface area contributed by atoms with Crippen molar-refractivity contribution in [3.05, 3.63) is 34.6 Å². The summed E-state index contributed by atoms with van der Waals surface area (Å²) >= 11 is 10.6. The molecular weight excluding hydrogens is 202 g/mol. The molecule has 0 heterocycles. The van der Waals surface area contributed by atoms with Gasteiger partial charge in [0, 0.05) is 6.42 Å². The molecule has 0 saturated carbocycles. The van der Waals surface area contributed by atoms with Crippen molar-refractivity contribution in [2.24, 2.45) is 0 Å². The molecule has 0 radical (unpaired) electrons. The van der Waals surface area contributed by atoms with E-state index in [-0.39, 0.29) is 11.4 Å². The standard InChI is InChI=1S/C8H5Cl2FO/c9-6-3-5(4-8(10)12)1-2-7(6)11/h1-3H,4H2. The van der Waals surface area contributed by atoms with Crippen LogP contribution in [0.2, 0.25) is 5.02 Å². The molecule has 64 valence electrons. The van der Waals surface area contributed by atoms with Gasteiger partial charge in [-0.1, -0.05) is 17.7 Å².